The highest BCUT2D eigenvalue weighted by molar-refractivity contribution is 7.89. The zero-order valence-electron chi connectivity index (χ0n) is 20.7. The molecule has 1 amide bonds. The standard InChI is InChI=1S/C26H35N3O5S/c1-25(2,3)20-11-13-26(14-12-20,24(27)31)34-23(30)19-9-6-16-29(17-19)35(32,33)21-10-4-7-18-8-5-15-28-22(18)21/h4-5,7-8,10,15,19-20H,6,9,11-14,16-17H2,1-3H3,(H2,27,31). The second kappa shape index (κ2) is 9.50. The van der Waals surface area contributed by atoms with E-state index in [0.29, 0.717) is 43.7 Å². The summed E-state index contributed by atoms with van der Waals surface area (Å²) in [5.41, 5.74) is 4.92. The third-order valence-corrected chi connectivity index (χ3v) is 9.59. The molecule has 0 bridgehead atoms. The lowest BCUT2D eigenvalue weighted by atomic mass is 9.68. The van der Waals surface area contributed by atoms with Crippen molar-refractivity contribution < 1.29 is 22.7 Å². The van der Waals surface area contributed by atoms with E-state index in [1.807, 2.05) is 12.1 Å². The van der Waals surface area contributed by atoms with Crippen LogP contribution in [0.25, 0.3) is 10.9 Å². The van der Waals surface area contributed by atoms with Crippen molar-refractivity contribution >= 4 is 32.8 Å². The fourth-order valence-corrected chi connectivity index (χ4v) is 7.09. The number of nitrogens with zero attached hydrogens (tertiary/aromatic N) is 2. The lowest BCUT2D eigenvalue weighted by Crippen LogP contribution is -2.53. The first-order chi connectivity index (χ1) is 16.4. The van der Waals surface area contributed by atoms with E-state index >= 15 is 0 Å². The van der Waals surface area contributed by atoms with Crippen molar-refractivity contribution in [3.63, 3.8) is 0 Å². The molecule has 9 heteroatoms. The molecule has 1 aliphatic heterocycles. The smallest absolute Gasteiger partial charge is 0.311 e. The van der Waals surface area contributed by atoms with Crippen LogP contribution in [-0.2, 0) is 24.3 Å². The summed E-state index contributed by atoms with van der Waals surface area (Å²) < 4.78 is 34.2. The summed E-state index contributed by atoms with van der Waals surface area (Å²) in [5, 5.41) is 0.732. The van der Waals surface area contributed by atoms with E-state index in [9.17, 15) is 18.0 Å². The van der Waals surface area contributed by atoms with Crippen LogP contribution in [0.15, 0.2) is 41.4 Å². The predicted molar refractivity (Wildman–Crippen MR) is 133 cm³/mol. The Kier molecular flexibility index (Phi) is 6.94. The third-order valence-electron chi connectivity index (χ3n) is 7.69. The van der Waals surface area contributed by atoms with Crippen molar-refractivity contribution in [1.82, 2.24) is 9.29 Å². The average Bonchev–Trinajstić information content (AvgIpc) is 2.83. The Balaban J connectivity index is 1.50. The normalized spacial score (nSPS) is 26.4. The minimum Gasteiger partial charge on any atom is -0.449 e. The van der Waals surface area contributed by atoms with Gasteiger partial charge in [0.1, 0.15) is 4.90 Å². The van der Waals surface area contributed by atoms with E-state index in [1.54, 1.807) is 24.4 Å². The Bertz CT molecular complexity index is 1210. The van der Waals surface area contributed by atoms with Crippen molar-refractivity contribution in [3.05, 3.63) is 36.5 Å². The maximum atomic E-state index is 13.5. The van der Waals surface area contributed by atoms with E-state index in [1.165, 1.54) is 4.31 Å². The molecule has 1 atom stereocenters. The predicted octanol–water partition coefficient (Wildman–Crippen LogP) is 3.64. The Morgan fingerprint density at radius 3 is 2.46 bits per heavy atom. The number of amides is 1. The number of sulfonamides is 1. The van der Waals surface area contributed by atoms with E-state index in [0.717, 1.165) is 18.2 Å². The van der Waals surface area contributed by atoms with E-state index in [-0.39, 0.29) is 16.9 Å². The number of carbonyl (C=O) groups excluding carboxylic acids is 2. The molecule has 1 saturated carbocycles. The van der Waals surface area contributed by atoms with Gasteiger partial charge in [0.15, 0.2) is 5.60 Å². The van der Waals surface area contributed by atoms with Gasteiger partial charge in [0.05, 0.1) is 11.4 Å². The average molecular weight is 502 g/mol. The van der Waals surface area contributed by atoms with Gasteiger partial charge in [-0.2, -0.15) is 4.31 Å². The molecule has 2 aliphatic rings. The molecule has 0 spiro atoms. The van der Waals surface area contributed by atoms with Crippen LogP contribution >= 0.6 is 0 Å². The summed E-state index contributed by atoms with van der Waals surface area (Å²) in [6.45, 7) is 6.82. The lowest BCUT2D eigenvalue weighted by molar-refractivity contribution is -0.177. The molecule has 1 aliphatic carbocycles. The fourth-order valence-electron chi connectivity index (χ4n) is 5.40. The zero-order chi connectivity index (χ0) is 25.4. The summed E-state index contributed by atoms with van der Waals surface area (Å²) in [4.78, 5) is 30.0. The monoisotopic (exact) mass is 501 g/mol. The number of para-hydroxylation sites is 1. The number of pyridine rings is 1. The molecule has 190 valence electrons. The van der Waals surface area contributed by atoms with Gasteiger partial charge in [-0.25, -0.2) is 8.42 Å². The molecule has 2 N–H and O–H groups in total. The SMILES string of the molecule is CC(C)(C)C1CCC(OC(=O)C2CCCN(S(=O)(=O)c3cccc4cccnc34)C2)(C(N)=O)CC1. The number of primary amides is 1. The molecule has 2 heterocycles. The number of nitrogens with two attached hydrogens (primary N) is 1. The Labute approximate surface area is 207 Å². The van der Waals surface area contributed by atoms with E-state index in [2.05, 4.69) is 25.8 Å². The van der Waals surface area contributed by atoms with E-state index < -0.39 is 33.4 Å². The van der Waals surface area contributed by atoms with Crippen LogP contribution in [0, 0.1) is 17.3 Å². The van der Waals surface area contributed by atoms with Gasteiger partial charge in [0.2, 0.25) is 10.0 Å². The van der Waals surface area contributed by atoms with Gasteiger partial charge in [0, 0.05) is 24.7 Å². The van der Waals surface area contributed by atoms with Gasteiger partial charge in [-0.1, -0.05) is 39.0 Å². The number of rotatable bonds is 5. The summed E-state index contributed by atoms with van der Waals surface area (Å²) in [6, 6.07) is 8.62. The van der Waals surface area contributed by atoms with Gasteiger partial charge in [-0.15, -0.1) is 0 Å². The molecule has 2 fully saturated rings. The van der Waals surface area contributed by atoms with Gasteiger partial charge in [0.25, 0.3) is 5.91 Å². The fraction of sp³-hybridized carbons (Fsp3) is 0.577. The summed E-state index contributed by atoms with van der Waals surface area (Å²) >= 11 is 0. The van der Waals surface area contributed by atoms with Gasteiger partial charge in [-0.05, 0) is 62.0 Å². The number of ether oxygens (including phenoxy) is 1. The number of hydrogen-bond acceptors (Lipinski definition) is 6. The molecule has 35 heavy (non-hydrogen) atoms. The summed E-state index contributed by atoms with van der Waals surface area (Å²) in [6.07, 6.45) is 4.87. The summed E-state index contributed by atoms with van der Waals surface area (Å²) in [7, 11) is -3.87. The first-order valence-electron chi connectivity index (χ1n) is 12.3. The number of esters is 1. The minimum atomic E-state index is -3.87. The number of piperidine rings is 1. The van der Waals surface area contributed by atoms with Crippen LogP contribution in [0.5, 0.6) is 0 Å². The molecule has 4 rings (SSSR count). The topological polar surface area (TPSA) is 120 Å². The van der Waals surface area contributed by atoms with Crippen LogP contribution in [0.3, 0.4) is 0 Å². The van der Waals surface area contributed by atoms with E-state index in [4.69, 9.17) is 10.5 Å². The van der Waals surface area contributed by atoms with Gasteiger partial charge in [-0.3, -0.25) is 14.6 Å². The molecule has 1 aromatic carbocycles. The third kappa shape index (κ3) is 5.07. The molecule has 1 unspecified atom stereocenters. The number of carbonyl (C=O) groups is 2. The number of benzene rings is 1. The quantitative estimate of drug-likeness (QED) is 0.625. The molecular weight excluding hydrogens is 466 g/mol. The Morgan fingerprint density at radius 2 is 1.80 bits per heavy atom. The molecule has 2 aromatic rings. The Morgan fingerprint density at radius 1 is 1.11 bits per heavy atom. The minimum absolute atomic E-state index is 0.00382. The highest BCUT2D eigenvalue weighted by atomic mass is 32.2. The van der Waals surface area contributed by atoms with Crippen LogP contribution in [-0.4, -0.2) is 48.3 Å². The first kappa shape index (κ1) is 25.6. The van der Waals surface area contributed by atoms with Gasteiger partial charge < -0.3 is 10.5 Å². The largest absolute Gasteiger partial charge is 0.449 e. The number of aromatic nitrogens is 1. The van der Waals surface area contributed by atoms with Crippen LogP contribution in [0.2, 0.25) is 0 Å². The molecule has 1 aromatic heterocycles. The maximum absolute atomic E-state index is 13.5. The van der Waals surface area contributed by atoms with Crippen LogP contribution < -0.4 is 5.73 Å². The second-order valence-corrected chi connectivity index (χ2v) is 12.9. The number of fused-ring (bicyclic) bond motifs is 1. The maximum Gasteiger partial charge on any atom is 0.311 e. The van der Waals surface area contributed by atoms with Crippen molar-refractivity contribution in [2.24, 2.45) is 23.0 Å². The highest BCUT2D eigenvalue weighted by Crippen LogP contribution is 2.43. The Hall–Kier alpha value is -2.52. The van der Waals surface area contributed by atoms with Crippen molar-refractivity contribution in [1.29, 1.82) is 0 Å². The van der Waals surface area contributed by atoms with Crippen LogP contribution in [0.1, 0.15) is 59.3 Å². The highest BCUT2D eigenvalue weighted by Gasteiger charge is 2.47. The lowest BCUT2D eigenvalue weighted by Gasteiger charge is -2.42. The molecule has 8 nitrogen and oxygen atoms in total. The zero-order valence-corrected chi connectivity index (χ0v) is 21.5. The van der Waals surface area contributed by atoms with Crippen LogP contribution in [0.4, 0.5) is 0 Å². The molecule has 0 radical (unpaired) electrons. The molecule has 1 saturated heterocycles. The van der Waals surface area contributed by atoms with Crippen molar-refractivity contribution in [3.8, 4) is 0 Å². The number of hydrogen-bond donors (Lipinski definition) is 1. The first-order valence-corrected chi connectivity index (χ1v) is 13.7. The molecular formula is C26H35N3O5S. The second-order valence-electron chi connectivity index (χ2n) is 11.0. The summed E-state index contributed by atoms with van der Waals surface area (Å²) in [5.74, 6) is -1.41. The van der Waals surface area contributed by atoms with Gasteiger partial charge >= 0.3 is 5.97 Å². The van der Waals surface area contributed by atoms with Crippen molar-refractivity contribution in [2.45, 2.75) is 69.8 Å². The van der Waals surface area contributed by atoms with Crippen molar-refractivity contribution in [2.75, 3.05) is 13.1 Å².